The van der Waals surface area contributed by atoms with Gasteiger partial charge in [0.1, 0.15) is 17.3 Å². The molecule has 4 nitrogen and oxygen atoms in total. The molecule has 1 aromatic rings. The van der Waals surface area contributed by atoms with Crippen molar-refractivity contribution < 1.29 is 18.4 Å². The van der Waals surface area contributed by atoms with E-state index >= 15 is 0 Å². The highest BCUT2D eigenvalue weighted by Crippen LogP contribution is 2.24. The number of hydrogen-bond acceptors (Lipinski definition) is 2. The SMILES string of the molecule is O=C1CCN(c2c(F)cccc2F)C(=O)CN1. The maximum Gasteiger partial charge on any atom is 0.246 e. The van der Waals surface area contributed by atoms with Crippen molar-refractivity contribution >= 4 is 17.5 Å². The molecule has 2 rings (SSSR count). The summed E-state index contributed by atoms with van der Waals surface area (Å²) in [4.78, 5) is 23.7. The van der Waals surface area contributed by atoms with Crippen molar-refractivity contribution in [2.75, 3.05) is 18.0 Å². The predicted octanol–water partition coefficient (Wildman–Crippen LogP) is 0.818. The normalized spacial score (nSPS) is 16.7. The molecule has 1 aliphatic heterocycles. The fourth-order valence-electron chi connectivity index (χ4n) is 1.68. The van der Waals surface area contributed by atoms with Crippen molar-refractivity contribution in [2.45, 2.75) is 6.42 Å². The van der Waals surface area contributed by atoms with E-state index in [1.165, 1.54) is 6.07 Å². The van der Waals surface area contributed by atoms with Crippen LogP contribution in [0.4, 0.5) is 14.5 Å². The molecule has 1 fully saturated rings. The Morgan fingerprint density at radius 1 is 1.18 bits per heavy atom. The van der Waals surface area contributed by atoms with Crippen molar-refractivity contribution in [2.24, 2.45) is 0 Å². The Balaban J connectivity index is 2.38. The summed E-state index contributed by atoms with van der Waals surface area (Å²) in [5.74, 6) is -2.46. The Morgan fingerprint density at radius 3 is 2.47 bits per heavy atom. The first-order chi connectivity index (χ1) is 8.09. The number of carbonyl (C=O) groups excluding carboxylic acids is 2. The summed E-state index contributed by atoms with van der Waals surface area (Å²) in [5.41, 5.74) is -0.394. The number of halogens is 2. The molecule has 1 saturated heterocycles. The molecular formula is C11H10F2N2O2. The molecule has 0 spiro atoms. The monoisotopic (exact) mass is 240 g/mol. The minimum atomic E-state index is -0.812. The van der Waals surface area contributed by atoms with Gasteiger partial charge >= 0.3 is 0 Å². The molecule has 0 saturated carbocycles. The fourth-order valence-corrected chi connectivity index (χ4v) is 1.68. The van der Waals surface area contributed by atoms with Gasteiger partial charge in [-0.05, 0) is 12.1 Å². The molecular weight excluding hydrogens is 230 g/mol. The zero-order chi connectivity index (χ0) is 12.4. The summed E-state index contributed by atoms with van der Waals surface area (Å²) in [6.45, 7) is -0.269. The Morgan fingerprint density at radius 2 is 1.82 bits per heavy atom. The Hall–Kier alpha value is -1.98. The van der Waals surface area contributed by atoms with E-state index in [-0.39, 0.29) is 25.4 Å². The number of nitrogens with zero attached hydrogens (tertiary/aromatic N) is 1. The topological polar surface area (TPSA) is 49.4 Å². The molecule has 0 atom stereocenters. The standard InChI is InChI=1S/C11H10F2N2O2/c12-7-2-1-3-8(13)11(7)15-5-4-9(16)14-6-10(15)17/h1-3H,4-6H2,(H,14,16). The van der Waals surface area contributed by atoms with Gasteiger partial charge in [0.15, 0.2) is 0 Å². The van der Waals surface area contributed by atoms with Gasteiger partial charge < -0.3 is 10.2 Å². The average molecular weight is 240 g/mol. The van der Waals surface area contributed by atoms with E-state index in [1.54, 1.807) is 0 Å². The second kappa shape index (κ2) is 4.48. The number of nitrogens with one attached hydrogen (secondary N) is 1. The van der Waals surface area contributed by atoms with Gasteiger partial charge in [-0.1, -0.05) is 6.07 Å². The average Bonchev–Trinajstić information content (AvgIpc) is 2.44. The molecule has 0 aromatic heterocycles. The number of benzene rings is 1. The lowest BCUT2D eigenvalue weighted by Gasteiger charge is -2.20. The summed E-state index contributed by atoms with van der Waals surface area (Å²) in [6.07, 6.45) is 0.0273. The molecule has 6 heteroatoms. The van der Waals surface area contributed by atoms with Crippen molar-refractivity contribution in [3.63, 3.8) is 0 Å². The maximum atomic E-state index is 13.5. The van der Waals surface area contributed by atoms with Crippen LogP contribution in [0.1, 0.15) is 6.42 Å². The van der Waals surface area contributed by atoms with Gasteiger partial charge in [0.2, 0.25) is 11.8 Å². The van der Waals surface area contributed by atoms with Crippen LogP contribution in [0.15, 0.2) is 18.2 Å². The van der Waals surface area contributed by atoms with Gasteiger partial charge in [-0.15, -0.1) is 0 Å². The van der Waals surface area contributed by atoms with Gasteiger partial charge in [0.25, 0.3) is 0 Å². The third-order valence-corrected chi connectivity index (χ3v) is 2.51. The van der Waals surface area contributed by atoms with Crippen LogP contribution in [0, 0.1) is 11.6 Å². The van der Waals surface area contributed by atoms with E-state index in [1.807, 2.05) is 0 Å². The van der Waals surface area contributed by atoms with E-state index in [0.717, 1.165) is 17.0 Å². The smallest absolute Gasteiger partial charge is 0.246 e. The molecule has 1 aliphatic rings. The van der Waals surface area contributed by atoms with Crippen LogP contribution in [0.5, 0.6) is 0 Å². The van der Waals surface area contributed by atoms with Gasteiger partial charge in [-0.3, -0.25) is 9.59 Å². The first-order valence-electron chi connectivity index (χ1n) is 5.10. The summed E-state index contributed by atoms with van der Waals surface area (Å²) >= 11 is 0. The summed E-state index contributed by atoms with van der Waals surface area (Å²) in [6, 6.07) is 3.37. The lowest BCUT2D eigenvalue weighted by Crippen LogP contribution is -2.36. The molecule has 0 unspecified atom stereocenters. The van der Waals surface area contributed by atoms with Gasteiger partial charge in [-0.2, -0.15) is 0 Å². The Kier molecular flexibility index (Phi) is 3.03. The third-order valence-electron chi connectivity index (χ3n) is 2.51. The Bertz CT molecular complexity index is 456. The second-order valence-electron chi connectivity index (χ2n) is 3.64. The van der Waals surface area contributed by atoms with Crippen LogP contribution in [-0.2, 0) is 9.59 Å². The van der Waals surface area contributed by atoms with Gasteiger partial charge in [0.05, 0.1) is 6.54 Å². The van der Waals surface area contributed by atoms with Crippen LogP contribution in [0.25, 0.3) is 0 Å². The number of rotatable bonds is 1. The number of anilines is 1. The van der Waals surface area contributed by atoms with Crippen LogP contribution in [0.3, 0.4) is 0 Å². The van der Waals surface area contributed by atoms with Crippen LogP contribution >= 0.6 is 0 Å². The van der Waals surface area contributed by atoms with Crippen molar-refractivity contribution in [1.29, 1.82) is 0 Å². The minimum absolute atomic E-state index is 0.0253. The third kappa shape index (κ3) is 2.25. The van der Waals surface area contributed by atoms with Crippen molar-refractivity contribution in [3.8, 4) is 0 Å². The second-order valence-corrected chi connectivity index (χ2v) is 3.64. The van der Waals surface area contributed by atoms with Crippen LogP contribution < -0.4 is 10.2 Å². The molecule has 0 radical (unpaired) electrons. The number of para-hydroxylation sites is 1. The largest absolute Gasteiger partial charge is 0.347 e. The first-order valence-corrected chi connectivity index (χ1v) is 5.10. The zero-order valence-electron chi connectivity index (χ0n) is 8.87. The van der Waals surface area contributed by atoms with E-state index in [2.05, 4.69) is 5.32 Å². The number of amides is 2. The molecule has 1 aromatic carbocycles. The Labute approximate surface area is 96.2 Å². The van der Waals surface area contributed by atoms with Crippen LogP contribution in [0.2, 0.25) is 0 Å². The lowest BCUT2D eigenvalue weighted by atomic mass is 10.2. The quantitative estimate of drug-likeness (QED) is 0.790. The highest BCUT2D eigenvalue weighted by atomic mass is 19.1. The first kappa shape index (κ1) is 11.5. The van der Waals surface area contributed by atoms with E-state index in [4.69, 9.17) is 0 Å². The molecule has 1 N–H and O–H groups in total. The summed E-state index contributed by atoms with van der Waals surface area (Å²) < 4.78 is 27.0. The van der Waals surface area contributed by atoms with Gasteiger partial charge in [0, 0.05) is 13.0 Å². The molecule has 17 heavy (non-hydrogen) atoms. The minimum Gasteiger partial charge on any atom is -0.347 e. The van der Waals surface area contributed by atoms with Crippen molar-refractivity contribution in [1.82, 2.24) is 5.32 Å². The van der Waals surface area contributed by atoms with E-state index in [9.17, 15) is 18.4 Å². The number of hydrogen-bond donors (Lipinski definition) is 1. The molecule has 0 bridgehead atoms. The molecule has 1 heterocycles. The highest BCUT2D eigenvalue weighted by molar-refractivity contribution is 5.99. The fraction of sp³-hybridized carbons (Fsp3) is 0.273. The van der Waals surface area contributed by atoms with Crippen LogP contribution in [-0.4, -0.2) is 24.9 Å². The zero-order valence-corrected chi connectivity index (χ0v) is 8.87. The molecule has 0 aliphatic carbocycles. The molecule has 2 amide bonds. The van der Waals surface area contributed by atoms with Crippen molar-refractivity contribution in [3.05, 3.63) is 29.8 Å². The predicted molar refractivity (Wildman–Crippen MR) is 56.3 cm³/mol. The maximum absolute atomic E-state index is 13.5. The number of carbonyl (C=O) groups is 2. The highest BCUT2D eigenvalue weighted by Gasteiger charge is 2.25. The van der Waals surface area contributed by atoms with E-state index in [0.29, 0.717) is 0 Å². The lowest BCUT2D eigenvalue weighted by molar-refractivity contribution is -0.123. The summed E-state index contributed by atoms with van der Waals surface area (Å²) in [7, 11) is 0. The summed E-state index contributed by atoms with van der Waals surface area (Å²) in [5, 5.41) is 2.36. The molecule has 90 valence electrons. The van der Waals surface area contributed by atoms with Gasteiger partial charge in [-0.25, -0.2) is 8.78 Å². The van der Waals surface area contributed by atoms with E-state index < -0.39 is 23.2 Å².